The normalized spacial score (nSPS) is 13.4. The number of ether oxygens (including phenoxy) is 1. The second kappa shape index (κ2) is 6.50. The molecule has 0 saturated heterocycles. The molecule has 22 heavy (non-hydrogen) atoms. The molecule has 2 aromatic rings. The Labute approximate surface area is 137 Å². The predicted octanol–water partition coefficient (Wildman–Crippen LogP) is 2.74. The zero-order chi connectivity index (χ0) is 16.5. The third-order valence-corrected chi connectivity index (χ3v) is 4.96. The number of rotatable bonds is 4. The fraction of sp³-hybridized carbons (Fsp3) is 0.400. The van der Waals surface area contributed by atoms with Gasteiger partial charge in [-0.1, -0.05) is 11.6 Å². The van der Waals surface area contributed by atoms with E-state index in [9.17, 15) is 9.35 Å². The van der Waals surface area contributed by atoms with Crippen molar-refractivity contribution < 1.29 is 9.29 Å². The Bertz CT molecular complexity index is 740. The lowest BCUT2D eigenvalue weighted by atomic mass is 10.1. The fourth-order valence-corrected chi connectivity index (χ4v) is 2.87. The van der Waals surface area contributed by atoms with Gasteiger partial charge in [0.05, 0.1) is 24.2 Å². The molecule has 2 rings (SSSR count). The predicted molar refractivity (Wildman–Crippen MR) is 90.9 cm³/mol. The highest BCUT2D eigenvalue weighted by Gasteiger charge is 2.26. The van der Waals surface area contributed by atoms with Crippen LogP contribution in [0.5, 0.6) is 5.75 Å². The van der Waals surface area contributed by atoms with Crippen molar-refractivity contribution in [1.82, 2.24) is 9.71 Å². The second-order valence-electron chi connectivity index (χ2n) is 5.90. The van der Waals surface area contributed by atoms with Gasteiger partial charge in [0.15, 0.2) is 0 Å². The summed E-state index contributed by atoms with van der Waals surface area (Å²) in [4.78, 5) is 14.9. The van der Waals surface area contributed by atoms with Crippen LogP contribution in [0.2, 0.25) is 5.02 Å². The first-order chi connectivity index (χ1) is 10.2. The van der Waals surface area contributed by atoms with Crippen LogP contribution in [0, 0.1) is 0 Å². The molecule has 1 aromatic heterocycles. The maximum atomic E-state index is 12.1. The van der Waals surface area contributed by atoms with Gasteiger partial charge >= 0.3 is 0 Å². The number of benzene rings is 1. The van der Waals surface area contributed by atoms with Gasteiger partial charge in [0, 0.05) is 28.4 Å². The van der Waals surface area contributed by atoms with E-state index in [-0.39, 0.29) is 16.9 Å². The minimum absolute atomic E-state index is 0.221. The summed E-state index contributed by atoms with van der Waals surface area (Å²) >= 11 is 4.86. The number of hydrogen-bond donors (Lipinski definition) is 2. The molecule has 1 atom stereocenters. The third kappa shape index (κ3) is 3.76. The minimum atomic E-state index is -1.24. The van der Waals surface area contributed by atoms with E-state index >= 15 is 0 Å². The molecule has 0 aliphatic rings. The van der Waals surface area contributed by atoms with Gasteiger partial charge in [0.2, 0.25) is 0 Å². The van der Waals surface area contributed by atoms with E-state index in [4.69, 9.17) is 16.3 Å². The largest absolute Gasteiger partial charge is 0.598 e. The van der Waals surface area contributed by atoms with Crippen molar-refractivity contribution in [3.8, 4) is 5.75 Å². The highest BCUT2D eigenvalue weighted by molar-refractivity contribution is 7.90. The molecule has 0 fully saturated rings. The van der Waals surface area contributed by atoms with Gasteiger partial charge in [0.1, 0.15) is 10.5 Å². The first kappa shape index (κ1) is 17.1. The lowest BCUT2D eigenvalue weighted by Gasteiger charge is -2.23. The van der Waals surface area contributed by atoms with Crippen molar-refractivity contribution >= 4 is 33.9 Å². The van der Waals surface area contributed by atoms with E-state index in [1.807, 2.05) is 20.8 Å². The van der Waals surface area contributed by atoms with E-state index < -0.39 is 11.4 Å². The number of nitrogens with one attached hydrogen (secondary N) is 2. The van der Waals surface area contributed by atoms with Gasteiger partial charge in [-0.15, -0.1) is 4.72 Å². The highest BCUT2D eigenvalue weighted by Crippen LogP contribution is 2.28. The molecule has 1 heterocycles. The van der Waals surface area contributed by atoms with Crippen LogP contribution in [0.25, 0.3) is 10.9 Å². The molecule has 1 unspecified atom stereocenters. The number of fused-ring (bicyclic) bond motifs is 1. The molecule has 0 aliphatic heterocycles. The van der Waals surface area contributed by atoms with Crippen LogP contribution >= 0.6 is 11.6 Å². The zero-order valence-corrected chi connectivity index (χ0v) is 14.5. The Morgan fingerprint density at radius 2 is 2.05 bits per heavy atom. The highest BCUT2D eigenvalue weighted by atomic mass is 35.5. The van der Waals surface area contributed by atoms with Gasteiger partial charge in [-0.3, -0.25) is 4.79 Å². The summed E-state index contributed by atoms with van der Waals surface area (Å²) in [5.74, 6) is 0.504. The monoisotopic (exact) mass is 342 g/mol. The van der Waals surface area contributed by atoms with E-state index in [1.54, 1.807) is 18.2 Å². The molecular weight excluding hydrogens is 324 g/mol. The Kier molecular flexibility index (Phi) is 5.07. The lowest BCUT2D eigenvalue weighted by Crippen LogP contribution is -2.39. The maximum absolute atomic E-state index is 12.1. The van der Waals surface area contributed by atoms with Gasteiger partial charge in [-0.25, -0.2) is 0 Å². The smallest absolute Gasteiger partial charge is 0.253 e. The first-order valence-corrected chi connectivity index (χ1v) is 8.30. The fourth-order valence-electron chi connectivity index (χ4n) is 1.90. The summed E-state index contributed by atoms with van der Waals surface area (Å²) in [7, 11) is 1.52. The number of aromatic amines is 1. The summed E-state index contributed by atoms with van der Waals surface area (Å²) in [6.45, 7) is 5.82. The Balaban J connectivity index is 2.32. The first-order valence-electron chi connectivity index (χ1n) is 6.77. The molecular formula is C15H19ClN2O3S. The number of hydrogen-bond acceptors (Lipinski definition) is 4. The van der Waals surface area contributed by atoms with Crippen LogP contribution in [-0.4, -0.2) is 21.4 Å². The van der Waals surface area contributed by atoms with Crippen LogP contribution in [-0.2, 0) is 17.9 Å². The Hall–Kier alpha value is -1.21. The SMILES string of the molecule is COc1cc2[nH]c(=O)c(CN[S+]([O-])C(C)(C)C)cc2cc1Cl. The molecule has 0 spiro atoms. The van der Waals surface area contributed by atoms with Gasteiger partial charge < -0.3 is 14.3 Å². The number of H-pyrrole nitrogens is 1. The van der Waals surface area contributed by atoms with Gasteiger partial charge in [-0.2, -0.15) is 0 Å². The molecule has 1 aromatic carbocycles. The standard InChI is InChI=1S/C15H19ClN2O3S/c1-15(2,3)22(20)17-8-10-5-9-6-11(16)13(21-4)7-12(9)18-14(10)19/h5-7,17H,8H2,1-4H3,(H,18,19). The van der Waals surface area contributed by atoms with E-state index in [2.05, 4.69) is 9.71 Å². The number of halogens is 1. The van der Waals surface area contributed by atoms with E-state index in [0.717, 1.165) is 5.39 Å². The second-order valence-corrected chi connectivity index (χ2v) is 8.36. The Morgan fingerprint density at radius 1 is 1.36 bits per heavy atom. The van der Waals surface area contributed by atoms with Crippen molar-refractivity contribution in [1.29, 1.82) is 0 Å². The summed E-state index contributed by atoms with van der Waals surface area (Å²) in [6.07, 6.45) is 0. The maximum Gasteiger partial charge on any atom is 0.253 e. The van der Waals surface area contributed by atoms with Crippen molar-refractivity contribution in [2.24, 2.45) is 0 Å². The molecule has 7 heteroatoms. The van der Waals surface area contributed by atoms with Crippen molar-refractivity contribution in [3.05, 3.63) is 39.1 Å². The van der Waals surface area contributed by atoms with Crippen LogP contribution < -0.4 is 15.0 Å². The van der Waals surface area contributed by atoms with Crippen molar-refractivity contribution in [2.45, 2.75) is 32.1 Å². The lowest BCUT2D eigenvalue weighted by molar-refractivity contribution is 0.415. The quantitative estimate of drug-likeness (QED) is 0.837. The van der Waals surface area contributed by atoms with Crippen LogP contribution in [0.4, 0.5) is 0 Å². The van der Waals surface area contributed by atoms with Crippen LogP contribution in [0.3, 0.4) is 0 Å². The van der Waals surface area contributed by atoms with Crippen LogP contribution in [0.1, 0.15) is 26.3 Å². The molecule has 0 bridgehead atoms. The van der Waals surface area contributed by atoms with E-state index in [1.165, 1.54) is 7.11 Å². The van der Waals surface area contributed by atoms with Crippen LogP contribution in [0.15, 0.2) is 23.0 Å². The van der Waals surface area contributed by atoms with Crippen molar-refractivity contribution in [2.75, 3.05) is 7.11 Å². The van der Waals surface area contributed by atoms with Crippen molar-refractivity contribution in [3.63, 3.8) is 0 Å². The average molecular weight is 343 g/mol. The number of aromatic nitrogens is 1. The summed E-state index contributed by atoms with van der Waals surface area (Å²) < 4.78 is 19.6. The van der Waals surface area contributed by atoms with Gasteiger partial charge in [0.25, 0.3) is 5.56 Å². The minimum Gasteiger partial charge on any atom is -0.598 e. The molecule has 120 valence electrons. The molecule has 0 amide bonds. The van der Waals surface area contributed by atoms with E-state index in [0.29, 0.717) is 21.9 Å². The average Bonchev–Trinajstić information content (AvgIpc) is 2.43. The third-order valence-electron chi connectivity index (χ3n) is 3.14. The number of methoxy groups -OCH3 is 1. The topological polar surface area (TPSA) is 77.2 Å². The molecule has 0 aliphatic carbocycles. The summed E-state index contributed by atoms with van der Waals surface area (Å²) in [6, 6.07) is 5.16. The Morgan fingerprint density at radius 3 is 2.64 bits per heavy atom. The summed E-state index contributed by atoms with van der Waals surface area (Å²) in [5.41, 5.74) is 0.925. The van der Waals surface area contributed by atoms with Gasteiger partial charge in [-0.05, 0) is 32.9 Å². The molecule has 0 radical (unpaired) electrons. The molecule has 2 N–H and O–H groups in total. The number of pyridine rings is 1. The summed E-state index contributed by atoms with van der Waals surface area (Å²) in [5, 5.41) is 1.27. The molecule has 0 saturated carbocycles. The zero-order valence-electron chi connectivity index (χ0n) is 13.0. The molecule has 5 nitrogen and oxygen atoms in total.